The quantitative estimate of drug-likeness (QED) is 0.922. The molecule has 2 aromatic rings. The fourth-order valence-electron chi connectivity index (χ4n) is 2.08. The van der Waals surface area contributed by atoms with Crippen molar-refractivity contribution in [1.82, 2.24) is 9.55 Å². The first-order valence-electron chi connectivity index (χ1n) is 6.21. The Bertz CT molecular complexity index is 562. The van der Waals surface area contributed by atoms with Crippen molar-refractivity contribution < 1.29 is 14.2 Å². The molecule has 0 aliphatic carbocycles. The van der Waals surface area contributed by atoms with Crippen LogP contribution >= 0.6 is 0 Å². The Morgan fingerprint density at radius 1 is 1.37 bits per heavy atom. The van der Waals surface area contributed by atoms with E-state index in [0.717, 1.165) is 11.4 Å². The lowest BCUT2D eigenvalue weighted by Crippen LogP contribution is -2.06. The molecule has 0 bridgehead atoms. The fraction of sp³-hybridized carbons (Fsp3) is 0.357. The van der Waals surface area contributed by atoms with E-state index in [-0.39, 0.29) is 5.82 Å². The largest absolute Gasteiger partial charge is 0.426 e. The van der Waals surface area contributed by atoms with Gasteiger partial charge in [0.1, 0.15) is 11.6 Å². The van der Waals surface area contributed by atoms with Gasteiger partial charge >= 0.3 is 6.01 Å². The Kier molecular flexibility index (Phi) is 3.85. The third-order valence-corrected chi connectivity index (χ3v) is 2.89. The summed E-state index contributed by atoms with van der Waals surface area (Å²) >= 11 is 0. The standard InChI is InChI=1S/C14H17FN2O2/c1-4-17-13(10(3)18)9(2)16-14(17)19-12-7-5-11(15)6-8-12/h5-8,10,18H,4H2,1-3H3. The van der Waals surface area contributed by atoms with Gasteiger partial charge in [0.2, 0.25) is 0 Å². The minimum Gasteiger partial charge on any atom is -0.426 e. The molecule has 0 aliphatic rings. The normalized spacial score (nSPS) is 12.5. The maximum Gasteiger partial charge on any atom is 0.302 e. The number of hydrogen-bond donors (Lipinski definition) is 1. The van der Waals surface area contributed by atoms with Crippen molar-refractivity contribution in [3.05, 3.63) is 41.5 Å². The van der Waals surface area contributed by atoms with Crippen LogP contribution < -0.4 is 4.74 Å². The highest BCUT2D eigenvalue weighted by atomic mass is 19.1. The molecule has 1 unspecified atom stereocenters. The van der Waals surface area contributed by atoms with E-state index in [1.165, 1.54) is 12.1 Å². The van der Waals surface area contributed by atoms with Gasteiger partial charge in [0.15, 0.2) is 0 Å². The molecule has 102 valence electrons. The topological polar surface area (TPSA) is 47.3 Å². The van der Waals surface area contributed by atoms with Gasteiger partial charge in [-0.15, -0.1) is 0 Å². The van der Waals surface area contributed by atoms with Crippen molar-refractivity contribution in [3.8, 4) is 11.8 Å². The van der Waals surface area contributed by atoms with Gasteiger partial charge in [0.25, 0.3) is 0 Å². The molecule has 5 heteroatoms. The number of nitrogens with zero attached hydrogens (tertiary/aromatic N) is 2. The average Bonchev–Trinajstić information content (AvgIpc) is 2.68. The summed E-state index contributed by atoms with van der Waals surface area (Å²) in [5.74, 6) is 0.199. The summed E-state index contributed by atoms with van der Waals surface area (Å²) in [5, 5.41) is 9.77. The van der Waals surface area contributed by atoms with Crippen molar-refractivity contribution in [3.63, 3.8) is 0 Å². The van der Waals surface area contributed by atoms with Gasteiger partial charge in [-0.3, -0.25) is 4.57 Å². The van der Waals surface area contributed by atoms with E-state index in [1.54, 1.807) is 19.1 Å². The Morgan fingerprint density at radius 3 is 2.53 bits per heavy atom. The number of aryl methyl sites for hydroxylation is 1. The Labute approximate surface area is 111 Å². The van der Waals surface area contributed by atoms with E-state index in [0.29, 0.717) is 18.3 Å². The van der Waals surface area contributed by atoms with Gasteiger partial charge < -0.3 is 9.84 Å². The molecule has 1 heterocycles. The third-order valence-electron chi connectivity index (χ3n) is 2.89. The van der Waals surface area contributed by atoms with Crippen molar-refractivity contribution in [2.24, 2.45) is 0 Å². The average molecular weight is 264 g/mol. The highest BCUT2D eigenvalue weighted by Gasteiger charge is 2.18. The molecule has 1 aromatic carbocycles. The maximum absolute atomic E-state index is 12.8. The molecule has 0 fully saturated rings. The van der Waals surface area contributed by atoms with E-state index >= 15 is 0 Å². The molecule has 0 spiro atoms. The smallest absolute Gasteiger partial charge is 0.302 e. The van der Waals surface area contributed by atoms with E-state index in [1.807, 2.05) is 18.4 Å². The molecule has 1 N–H and O–H groups in total. The molecule has 4 nitrogen and oxygen atoms in total. The molecule has 2 rings (SSSR count). The first-order valence-corrected chi connectivity index (χ1v) is 6.21. The van der Waals surface area contributed by atoms with Crippen LogP contribution in [0.1, 0.15) is 31.3 Å². The lowest BCUT2D eigenvalue weighted by molar-refractivity contribution is 0.187. The highest BCUT2D eigenvalue weighted by molar-refractivity contribution is 5.28. The molecular formula is C14H17FN2O2. The molecule has 0 radical (unpaired) electrons. The molecule has 1 atom stereocenters. The van der Waals surface area contributed by atoms with Crippen LogP contribution in [-0.4, -0.2) is 14.7 Å². The van der Waals surface area contributed by atoms with Crippen LogP contribution in [-0.2, 0) is 6.54 Å². The molecule has 0 saturated heterocycles. The molecule has 0 amide bonds. The second kappa shape index (κ2) is 5.40. The second-order valence-electron chi connectivity index (χ2n) is 4.34. The minimum absolute atomic E-state index is 0.313. The number of halogens is 1. The lowest BCUT2D eigenvalue weighted by Gasteiger charge is -2.11. The zero-order valence-electron chi connectivity index (χ0n) is 11.2. The lowest BCUT2D eigenvalue weighted by atomic mass is 10.2. The van der Waals surface area contributed by atoms with Crippen molar-refractivity contribution in [2.75, 3.05) is 0 Å². The van der Waals surface area contributed by atoms with Gasteiger partial charge in [-0.1, -0.05) is 0 Å². The summed E-state index contributed by atoms with van der Waals surface area (Å²) in [5.41, 5.74) is 1.47. The van der Waals surface area contributed by atoms with Crippen LogP contribution in [0.2, 0.25) is 0 Å². The Balaban J connectivity index is 2.35. The summed E-state index contributed by atoms with van der Waals surface area (Å²) in [6.07, 6.45) is -0.613. The minimum atomic E-state index is -0.613. The monoisotopic (exact) mass is 264 g/mol. The van der Waals surface area contributed by atoms with Gasteiger partial charge in [-0.2, -0.15) is 4.98 Å². The fourth-order valence-corrected chi connectivity index (χ4v) is 2.08. The maximum atomic E-state index is 12.8. The third kappa shape index (κ3) is 2.76. The summed E-state index contributed by atoms with van der Waals surface area (Å²) < 4.78 is 20.3. The number of aliphatic hydroxyl groups is 1. The zero-order chi connectivity index (χ0) is 14.0. The summed E-state index contributed by atoms with van der Waals surface area (Å²) in [6.45, 7) is 6.10. The van der Waals surface area contributed by atoms with Gasteiger partial charge in [-0.05, 0) is 45.0 Å². The summed E-state index contributed by atoms with van der Waals surface area (Å²) in [4.78, 5) is 4.31. The number of ether oxygens (including phenoxy) is 1. The number of aliphatic hydroxyl groups excluding tert-OH is 1. The van der Waals surface area contributed by atoms with Crippen LogP contribution in [0.15, 0.2) is 24.3 Å². The predicted molar refractivity (Wildman–Crippen MR) is 69.7 cm³/mol. The highest BCUT2D eigenvalue weighted by Crippen LogP contribution is 2.27. The van der Waals surface area contributed by atoms with Gasteiger partial charge in [0.05, 0.1) is 17.5 Å². The van der Waals surface area contributed by atoms with Crippen molar-refractivity contribution in [2.45, 2.75) is 33.4 Å². The Hall–Kier alpha value is -1.88. The second-order valence-corrected chi connectivity index (χ2v) is 4.34. The van der Waals surface area contributed by atoms with E-state index < -0.39 is 6.10 Å². The zero-order valence-corrected chi connectivity index (χ0v) is 11.2. The Morgan fingerprint density at radius 2 is 2.00 bits per heavy atom. The van der Waals surface area contributed by atoms with Crippen molar-refractivity contribution in [1.29, 1.82) is 0 Å². The SMILES string of the molecule is CCn1c(Oc2ccc(F)cc2)nc(C)c1C(C)O. The summed E-state index contributed by atoms with van der Waals surface area (Å²) in [7, 11) is 0. The van der Waals surface area contributed by atoms with Crippen LogP contribution in [0, 0.1) is 12.7 Å². The predicted octanol–water partition coefficient (Wildman–Crippen LogP) is 3.20. The molecule has 0 saturated carbocycles. The number of imidazole rings is 1. The van der Waals surface area contributed by atoms with E-state index in [2.05, 4.69) is 4.98 Å². The van der Waals surface area contributed by atoms with Crippen molar-refractivity contribution >= 4 is 0 Å². The van der Waals surface area contributed by atoms with E-state index in [4.69, 9.17) is 4.74 Å². The summed E-state index contributed by atoms with van der Waals surface area (Å²) in [6, 6.07) is 6.15. The number of aromatic nitrogens is 2. The van der Waals surface area contributed by atoms with Gasteiger partial charge in [-0.25, -0.2) is 4.39 Å². The molecular weight excluding hydrogens is 247 g/mol. The number of hydrogen-bond acceptors (Lipinski definition) is 3. The van der Waals surface area contributed by atoms with Crippen LogP contribution in [0.5, 0.6) is 11.8 Å². The molecule has 0 aliphatic heterocycles. The first-order chi connectivity index (χ1) is 9.02. The van der Waals surface area contributed by atoms with E-state index in [9.17, 15) is 9.50 Å². The van der Waals surface area contributed by atoms with Gasteiger partial charge in [0, 0.05) is 6.54 Å². The van der Waals surface area contributed by atoms with Crippen LogP contribution in [0.3, 0.4) is 0 Å². The number of benzene rings is 1. The molecule has 1 aromatic heterocycles. The van der Waals surface area contributed by atoms with Crippen LogP contribution in [0.4, 0.5) is 4.39 Å². The number of rotatable bonds is 4. The molecule has 19 heavy (non-hydrogen) atoms. The van der Waals surface area contributed by atoms with Crippen LogP contribution in [0.25, 0.3) is 0 Å². The first kappa shape index (κ1) is 13.5.